The van der Waals surface area contributed by atoms with Crippen LogP contribution in [0.25, 0.3) is 0 Å². The third-order valence-electron chi connectivity index (χ3n) is 2.86. The standard InChI is InChI=1S/C11H25N3/c1-3-8-14(9-10(2)12)11-4-6-13-7-5-11/h10-11,13H,3-9,12H2,1-2H3. The van der Waals surface area contributed by atoms with E-state index in [2.05, 4.69) is 24.1 Å². The van der Waals surface area contributed by atoms with Gasteiger partial charge in [0.05, 0.1) is 0 Å². The molecule has 3 nitrogen and oxygen atoms in total. The molecule has 0 spiro atoms. The number of hydrogen-bond acceptors (Lipinski definition) is 3. The summed E-state index contributed by atoms with van der Waals surface area (Å²) in [7, 11) is 0. The minimum atomic E-state index is 0.302. The van der Waals surface area contributed by atoms with Crippen molar-refractivity contribution < 1.29 is 0 Å². The van der Waals surface area contributed by atoms with Crippen LogP contribution in [0.3, 0.4) is 0 Å². The third kappa shape index (κ3) is 3.95. The second-order valence-corrected chi connectivity index (χ2v) is 4.45. The average Bonchev–Trinajstić information content (AvgIpc) is 2.18. The molecule has 0 aromatic carbocycles. The maximum Gasteiger partial charge on any atom is 0.0139 e. The number of nitrogens with one attached hydrogen (secondary N) is 1. The summed E-state index contributed by atoms with van der Waals surface area (Å²) in [6, 6.07) is 1.07. The normalized spacial score (nSPS) is 21.4. The first-order valence-electron chi connectivity index (χ1n) is 5.94. The highest BCUT2D eigenvalue weighted by Gasteiger charge is 2.20. The monoisotopic (exact) mass is 199 g/mol. The largest absolute Gasteiger partial charge is 0.327 e. The minimum Gasteiger partial charge on any atom is -0.327 e. The fourth-order valence-corrected chi connectivity index (χ4v) is 2.25. The molecule has 0 aromatic heterocycles. The van der Waals surface area contributed by atoms with Crippen LogP contribution >= 0.6 is 0 Å². The van der Waals surface area contributed by atoms with Gasteiger partial charge in [0.1, 0.15) is 0 Å². The molecule has 0 radical (unpaired) electrons. The van der Waals surface area contributed by atoms with Gasteiger partial charge in [-0.3, -0.25) is 4.90 Å². The van der Waals surface area contributed by atoms with Crippen molar-refractivity contribution in [3.63, 3.8) is 0 Å². The van der Waals surface area contributed by atoms with Crippen molar-refractivity contribution in [2.45, 2.75) is 45.2 Å². The Kier molecular flexibility index (Phi) is 5.45. The lowest BCUT2D eigenvalue weighted by molar-refractivity contribution is 0.155. The molecule has 1 heterocycles. The van der Waals surface area contributed by atoms with Crippen molar-refractivity contribution in [2.24, 2.45) is 5.73 Å². The number of piperidine rings is 1. The molecule has 0 amide bonds. The first-order valence-corrected chi connectivity index (χ1v) is 5.94. The molecule has 0 aromatic rings. The summed E-state index contributed by atoms with van der Waals surface area (Å²) in [5.74, 6) is 0. The van der Waals surface area contributed by atoms with E-state index in [0.717, 1.165) is 12.6 Å². The minimum absolute atomic E-state index is 0.302. The highest BCUT2D eigenvalue weighted by molar-refractivity contribution is 4.79. The molecule has 1 rings (SSSR count). The van der Waals surface area contributed by atoms with Gasteiger partial charge < -0.3 is 11.1 Å². The van der Waals surface area contributed by atoms with E-state index in [-0.39, 0.29) is 0 Å². The van der Waals surface area contributed by atoms with E-state index >= 15 is 0 Å². The van der Waals surface area contributed by atoms with Gasteiger partial charge in [-0.1, -0.05) is 6.92 Å². The van der Waals surface area contributed by atoms with Gasteiger partial charge >= 0.3 is 0 Å². The first-order chi connectivity index (χ1) is 6.74. The molecule has 0 bridgehead atoms. The summed E-state index contributed by atoms with van der Waals surface area (Å²) in [5.41, 5.74) is 5.87. The van der Waals surface area contributed by atoms with Crippen LogP contribution in [0.2, 0.25) is 0 Å². The Morgan fingerprint density at radius 1 is 1.43 bits per heavy atom. The molecule has 1 saturated heterocycles. The zero-order chi connectivity index (χ0) is 10.4. The molecular formula is C11H25N3. The molecule has 0 saturated carbocycles. The van der Waals surface area contributed by atoms with Crippen molar-refractivity contribution in [3.8, 4) is 0 Å². The van der Waals surface area contributed by atoms with Gasteiger partial charge in [-0.15, -0.1) is 0 Å². The predicted molar refractivity (Wildman–Crippen MR) is 61.4 cm³/mol. The lowest BCUT2D eigenvalue weighted by Crippen LogP contribution is -2.47. The molecule has 1 unspecified atom stereocenters. The third-order valence-corrected chi connectivity index (χ3v) is 2.86. The Hall–Kier alpha value is -0.120. The van der Waals surface area contributed by atoms with Crippen LogP contribution in [-0.4, -0.2) is 43.2 Å². The second kappa shape index (κ2) is 6.38. The van der Waals surface area contributed by atoms with E-state index in [0.29, 0.717) is 6.04 Å². The van der Waals surface area contributed by atoms with E-state index in [1.165, 1.54) is 38.9 Å². The molecule has 1 fully saturated rings. The van der Waals surface area contributed by atoms with Gasteiger partial charge in [0.25, 0.3) is 0 Å². The molecule has 14 heavy (non-hydrogen) atoms. The van der Waals surface area contributed by atoms with Gasteiger partial charge in [-0.05, 0) is 45.8 Å². The molecular weight excluding hydrogens is 174 g/mol. The fourth-order valence-electron chi connectivity index (χ4n) is 2.25. The Labute approximate surface area is 88.0 Å². The van der Waals surface area contributed by atoms with Gasteiger partial charge in [0, 0.05) is 18.6 Å². The Bertz CT molecular complexity index is 141. The number of rotatable bonds is 5. The van der Waals surface area contributed by atoms with Crippen molar-refractivity contribution in [3.05, 3.63) is 0 Å². The molecule has 0 aliphatic carbocycles. The van der Waals surface area contributed by atoms with Gasteiger partial charge in [0.15, 0.2) is 0 Å². The van der Waals surface area contributed by atoms with Crippen molar-refractivity contribution >= 4 is 0 Å². The molecule has 1 aliphatic heterocycles. The molecule has 3 N–H and O–H groups in total. The van der Waals surface area contributed by atoms with Crippen molar-refractivity contribution in [1.82, 2.24) is 10.2 Å². The number of nitrogens with zero attached hydrogens (tertiary/aromatic N) is 1. The summed E-state index contributed by atoms with van der Waals surface area (Å²) in [5, 5.41) is 3.41. The van der Waals surface area contributed by atoms with Crippen molar-refractivity contribution in [2.75, 3.05) is 26.2 Å². The Balaban J connectivity index is 2.38. The van der Waals surface area contributed by atoms with E-state index in [4.69, 9.17) is 5.73 Å². The quantitative estimate of drug-likeness (QED) is 0.688. The van der Waals surface area contributed by atoms with Gasteiger partial charge in [0.2, 0.25) is 0 Å². The zero-order valence-electron chi connectivity index (χ0n) is 9.63. The molecule has 84 valence electrons. The second-order valence-electron chi connectivity index (χ2n) is 4.45. The van der Waals surface area contributed by atoms with Crippen LogP contribution in [0.4, 0.5) is 0 Å². The van der Waals surface area contributed by atoms with Crippen LogP contribution < -0.4 is 11.1 Å². The molecule has 1 aliphatic rings. The zero-order valence-corrected chi connectivity index (χ0v) is 9.63. The Morgan fingerprint density at radius 3 is 2.57 bits per heavy atom. The van der Waals surface area contributed by atoms with Crippen molar-refractivity contribution in [1.29, 1.82) is 0 Å². The van der Waals surface area contributed by atoms with Gasteiger partial charge in [-0.25, -0.2) is 0 Å². The average molecular weight is 199 g/mol. The highest BCUT2D eigenvalue weighted by Crippen LogP contribution is 2.12. The van der Waals surface area contributed by atoms with Crippen LogP contribution in [0.5, 0.6) is 0 Å². The number of nitrogens with two attached hydrogens (primary N) is 1. The van der Waals surface area contributed by atoms with E-state index in [9.17, 15) is 0 Å². The summed E-state index contributed by atoms with van der Waals surface area (Å²) >= 11 is 0. The Morgan fingerprint density at radius 2 is 2.07 bits per heavy atom. The van der Waals surface area contributed by atoms with Crippen LogP contribution in [-0.2, 0) is 0 Å². The fraction of sp³-hybridized carbons (Fsp3) is 1.00. The van der Waals surface area contributed by atoms with E-state index in [1.807, 2.05) is 0 Å². The maximum atomic E-state index is 5.87. The lowest BCUT2D eigenvalue weighted by atomic mass is 10.0. The molecule has 3 heteroatoms. The number of hydrogen-bond donors (Lipinski definition) is 2. The van der Waals surface area contributed by atoms with Crippen LogP contribution in [0.15, 0.2) is 0 Å². The lowest BCUT2D eigenvalue weighted by Gasteiger charge is -2.35. The summed E-state index contributed by atoms with van der Waals surface area (Å²) in [6.45, 7) is 8.94. The summed E-state index contributed by atoms with van der Waals surface area (Å²) < 4.78 is 0. The smallest absolute Gasteiger partial charge is 0.0139 e. The van der Waals surface area contributed by atoms with Crippen LogP contribution in [0.1, 0.15) is 33.1 Å². The predicted octanol–water partition coefficient (Wildman–Crippen LogP) is 0.798. The van der Waals surface area contributed by atoms with Gasteiger partial charge in [-0.2, -0.15) is 0 Å². The van der Waals surface area contributed by atoms with Crippen LogP contribution in [0, 0.1) is 0 Å². The highest BCUT2D eigenvalue weighted by atomic mass is 15.2. The summed E-state index contributed by atoms with van der Waals surface area (Å²) in [6.07, 6.45) is 3.80. The SMILES string of the molecule is CCCN(CC(C)N)C1CCNCC1. The molecule has 1 atom stereocenters. The maximum absolute atomic E-state index is 5.87. The van der Waals surface area contributed by atoms with E-state index in [1.54, 1.807) is 0 Å². The summed E-state index contributed by atoms with van der Waals surface area (Å²) in [4.78, 5) is 2.57. The topological polar surface area (TPSA) is 41.3 Å². The first kappa shape index (κ1) is 12.0. The van der Waals surface area contributed by atoms with E-state index < -0.39 is 0 Å².